The first kappa shape index (κ1) is 14.2. The minimum Gasteiger partial charge on any atom is -0.497 e. The second kappa shape index (κ2) is 5.57. The lowest BCUT2D eigenvalue weighted by atomic mass is 9.88. The Morgan fingerprint density at radius 2 is 2.24 bits per heavy atom. The summed E-state index contributed by atoms with van der Waals surface area (Å²) in [6, 6.07) is 5.79. The summed E-state index contributed by atoms with van der Waals surface area (Å²) in [5, 5.41) is 9.84. The van der Waals surface area contributed by atoms with Crippen molar-refractivity contribution in [2.24, 2.45) is 11.8 Å². The Morgan fingerprint density at radius 3 is 2.90 bits per heavy atom. The highest BCUT2D eigenvalue weighted by atomic mass is 35.5. The molecule has 110 valence electrons. The van der Waals surface area contributed by atoms with Crippen LogP contribution in [0.3, 0.4) is 0 Å². The van der Waals surface area contributed by atoms with Gasteiger partial charge in [0.05, 0.1) is 7.11 Å². The molecule has 1 fully saturated rings. The third kappa shape index (κ3) is 2.84. The first-order chi connectivity index (χ1) is 10.1. The number of methoxy groups -OCH3 is 1. The van der Waals surface area contributed by atoms with Gasteiger partial charge in [-0.15, -0.1) is 0 Å². The van der Waals surface area contributed by atoms with Gasteiger partial charge in [0.25, 0.3) is 0 Å². The quantitative estimate of drug-likeness (QED) is 0.913. The molecule has 0 amide bonds. The number of ether oxygens (including phenoxy) is 1. The highest BCUT2D eigenvalue weighted by Crippen LogP contribution is 2.55. The maximum atomic E-state index is 11.1. The van der Waals surface area contributed by atoms with E-state index in [0.717, 1.165) is 22.8 Å². The van der Waals surface area contributed by atoms with Gasteiger partial charge in [-0.25, -0.2) is 4.79 Å². The van der Waals surface area contributed by atoms with E-state index in [4.69, 9.17) is 21.4 Å². The maximum Gasteiger partial charge on any atom is 0.331 e. The second-order valence-electron chi connectivity index (χ2n) is 5.64. The minimum absolute atomic E-state index is 0.296. The van der Waals surface area contributed by atoms with Gasteiger partial charge in [-0.3, -0.25) is 0 Å². The summed E-state index contributed by atoms with van der Waals surface area (Å²) in [5.74, 6) is 1.14. The van der Waals surface area contributed by atoms with E-state index in [0.29, 0.717) is 29.7 Å². The molecule has 1 saturated carbocycles. The molecule has 0 aromatic heterocycles. The lowest BCUT2D eigenvalue weighted by molar-refractivity contribution is -0.132. The van der Waals surface area contributed by atoms with Crippen molar-refractivity contribution in [2.75, 3.05) is 7.11 Å². The molecule has 3 atom stereocenters. The zero-order chi connectivity index (χ0) is 15.0. The number of carboxylic acid groups (broad SMARTS) is 1. The molecule has 0 heterocycles. The molecule has 1 N–H and O–H groups in total. The van der Waals surface area contributed by atoms with E-state index in [1.165, 1.54) is 0 Å². The molecule has 2 aliphatic rings. The number of benzene rings is 1. The summed E-state index contributed by atoms with van der Waals surface area (Å²) in [5.41, 5.74) is 1.64. The van der Waals surface area contributed by atoms with Gasteiger partial charge in [0.1, 0.15) is 5.75 Å². The fraction of sp³-hybridized carbons (Fsp3) is 0.353. The van der Waals surface area contributed by atoms with Gasteiger partial charge in [-0.2, -0.15) is 0 Å². The molecule has 0 aliphatic heterocycles. The Balaban J connectivity index is 1.71. The van der Waals surface area contributed by atoms with Gasteiger partial charge in [-0.05, 0) is 48.3 Å². The topological polar surface area (TPSA) is 46.5 Å². The SMILES string of the molecule is COc1ccc(C2CC2C2C=CC=C(C(=O)O)C2)c(Cl)c1. The van der Waals surface area contributed by atoms with E-state index in [9.17, 15) is 4.79 Å². The van der Waals surface area contributed by atoms with Crippen LogP contribution in [-0.4, -0.2) is 18.2 Å². The number of halogens is 1. The van der Waals surface area contributed by atoms with Crippen LogP contribution in [0.25, 0.3) is 0 Å². The Kier molecular flexibility index (Phi) is 3.77. The smallest absolute Gasteiger partial charge is 0.331 e. The van der Waals surface area contributed by atoms with Crippen molar-refractivity contribution in [3.8, 4) is 5.75 Å². The Labute approximate surface area is 128 Å². The number of rotatable bonds is 4. The number of carboxylic acids is 1. The Bertz CT molecular complexity index is 633. The lowest BCUT2D eigenvalue weighted by Gasteiger charge is -2.16. The lowest BCUT2D eigenvalue weighted by Crippen LogP contribution is -2.11. The number of hydrogen-bond donors (Lipinski definition) is 1. The molecule has 4 heteroatoms. The zero-order valence-electron chi connectivity index (χ0n) is 11.8. The molecule has 0 saturated heterocycles. The molecule has 0 radical (unpaired) electrons. The Morgan fingerprint density at radius 1 is 1.43 bits per heavy atom. The van der Waals surface area contributed by atoms with Crippen LogP contribution in [0.15, 0.2) is 42.0 Å². The Hall–Kier alpha value is -1.74. The molecule has 3 nitrogen and oxygen atoms in total. The molecule has 0 spiro atoms. The first-order valence-electron chi connectivity index (χ1n) is 7.04. The molecule has 21 heavy (non-hydrogen) atoms. The van der Waals surface area contributed by atoms with Crippen LogP contribution in [0, 0.1) is 11.8 Å². The highest BCUT2D eigenvalue weighted by molar-refractivity contribution is 6.31. The van der Waals surface area contributed by atoms with Crippen molar-refractivity contribution in [3.05, 3.63) is 52.6 Å². The molecule has 3 rings (SSSR count). The van der Waals surface area contributed by atoms with E-state index in [1.54, 1.807) is 13.2 Å². The van der Waals surface area contributed by atoms with Crippen molar-refractivity contribution in [3.63, 3.8) is 0 Å². The number of aliphatic carboxylic acids is 1. The fourth-order valence-electron chi connectivity index (χ4n) is 3.14. The van der Waals surface area contributed by atoms with Gasteiger partial charge < -0.3 is 9.84 Å². The normalized spacial score (nSPS) is 27.1. The molecule has 1 aromatic rings. The van der Waals surface area contributed by atoms with Crippen molar-refractivity contribution < 1.29 is 14.6 Å². The van der Waals surface area contributed by atoms with E-state index >= 15 is 0 Å². The summed E-state index contributed by atoms with van der Waals surface area (Å²) in [6.45, 7) is 0. The molecular weight excluding hydrogens is 288 g/mol. The van der Waals surface area contributed by atoms with Crippen LogP contribution in [0.1, 0.15) is 24.3 Å². The van der Waals surface area contributed by atoms with Gasteiger partial charge >= 0.3 is 5.97 Å². The summed E-state index contributed by atoms with van der Waals surface area (Å²) in [4.78, 5) is 11.1. The predicted octanol–water partition coefficient (Wildman–Crippen LogP) is 4.04. The van der Waals surface area contributed by atoms with Crippen LogP contribution in [0.2, 0.25) is 5.02 Å². The van der Waals surface area contributed by atoms with E-state index in [2.05, 4.69) is 6.08 Å². The molecular formula is C17H17ClO3. The summed E-state index contributed by atoms with van der Waals surface area (Å²) in [6.07, 6.45) is 7.35. The van der Waals surface area contributed by atoms with Gasteiger partial charge in [0.15, 0.2) is 0 Å². The van der Waals surface area contributed by atoms with Crippen LogP contribution >= 0.6 is 11.6 Å². The number of carbonyl (C=O) groups is 1. The minimum atomic E-state index is -0.816. The fourth-order valence-corrected chi connectivity index (χ4v) is 3.45. The predicted molar refractivity (Wildman–Crippen MR) is 81.8 cm³/mol. The number of allylic oxidation sites excluding steroid dienone is 3. The van der Waals surface area contributed by atoms with Crippen molar-refractivity contribution in [1.82, 2.24) is 0 Å². The average molecular weight is 305 g/mol. The zero-order valence-corrected chi connectivity index (χ0v) is 12.5. The second-order valence-corrected chi connectivity index (χ2v) is 6.05. The molecule has 0 bridgehead atoms. The van der Waals surface area contributed by atoms with Crippen molar-refractivity contribution >= 4 is 17.6 Å². The van der Waals surface area contributed by atoms with Crippen LogP contribution in [0.4, 0.5) is 0 Å². The van der Waals surface area contributed by atoms with Gasteiger partial charge in [0, 0.05) is 10.6 Å². The monoisotopic (exact) mass is 304 g/mol. The average Bonchev–Trinajstić information content (AvgIpc) is 3.27. The highest BCUT2D eigenvalue weighted by Gasteiger charge is 2.44. The standard InChI is InChI=1S/C17H17ClO3/c1-21-12-5-6-13(16(18)8-12)15-9-14(15)10-3-2-4-11(7-10)17(19)20/h2-6,8,10,14-15H,7,9H2,1H3,(H,19,20). The summed E-state index contributed by atoms with van der Waals surface area (Å²) < 4.78 is 5.17. The summed E-state index contributed by atoms with van der Waals surface area (Å²) in [7, 11) is 1.62. The third-order valence-electron chi connectivity index (χ3n) is 4.38. The molecule has 2 aliphatic carbocycles. The largest absolute Gasteiger partial charge is 0.497 e. The molecule has 1 aromatic carbocycles. The van der Waals surface area contributed by atoms with E-state index < -0.39 is 5.97 Å². The number of hydrogen-bond acceptors (Lipinski definition) is 2. The maximum absolute atomic E-state index is 11.1. The van der Waals surface area contributed by atoms with Crippen molar-refractivity contribution in [1.29, 1.82) is 0 Å². The van der Waals surface area contributed by atoms with Crippen LogP contribution < -0.4 is 4.74 Å². The van der Waals surface area contributed by atoms with Crippen LogP contribution in [-0.2, 0) is 4.79 Å². The van der Waals surface area contributed by atoms with Crippen molar-refractivity contribution in [2.45, 2.75) is 18.8 Å². The van der Waals surface area contributed by atoms with Gasteiger partial charge in [0.2, 0.25) is 0 Å². The molecule has 3 unspecified atom stereocenters. The van der Waals surface area contributed by atoms with Gasteiger partial charge in [-0.1, -0.05) is 35.9 Å². The van der Waals surface area contributed by atoms with E-state index in [1.807, 2.05) is 24.3 Å². The summed E-state index contributed by atoms with van der Waals surface area (Å²) >= 11 is 6.32. The first-order valence-corrected chi connectivity index (χ1v) is 7.42. The third-order valence-corrected chi connectivity index (χ3v) is 4.71. The van der Waals surface area contributed by atoms with Crippen LogP contribution in [0.5, 0.6) is 5.75 Å². The van der Waals surface area contributed by atoms with E-state index in [-0.39, 0.29) is 0 Å².